The maximum absolute atomic E-state index is 12.1. The molecule has 1 aromatic carbocycles. The zero-order valence-electron chi connectivity index (χ0n) is 14.9. The third kappa shape index (κ3) is 7.47. The Bertz CT molecular complexity index is 461. The Balaban J connectivity index is 2.36. The van der Waals surface area contributed by atoms with Crippen LogP contribution in [-0.2, 0) is 4.84 Å². The first-order chi connectivity index (χ1) is 11.2. The van der Waals surface area contributed by atoms with Gasteiger partial charge in [0.15, 0.2) is 0 Å². The molecule has 0 radical (unpaired) electrons. The fourth-order valence-electron chi connectivity index (χ4n) is 2.50. The molecule has 0 saturated carbocycles. The summed E-state index contributed by atoms with van der Waals surface area (Å²) in [5.74, 6) is -0.0994. The molecule has 0 unspecified atom stereocenters. The second-order valence-electron chi connectivity index (χ2n) is 5.76. The van der Waals surface area contributed by atoms with Gasteiger partial charge in [0, 0.05) is 12.1 Å². The molecule has 1 amide bonds. The lowest BCUT2D eigenvalue weighted by molar-refractivity contribution is -0.0915. The van der Waals surface area contributed by atoms with Gasteiger partial charge in [-0.3, -0.25) is 9.63 Å². The first-order valence-corrected chi connectivity index (χ1v) is 8.85. The molecule has 0 aliphatic rings. The van der Waals surface area contributed by atoms with Gasteiger partial charge >= 0.3 is 0 Å². The number of hydroxylamine groups is 2. The van der Waals surface area contributed by atoms with Crippen molar-refractivity contribution in [3.8, 4) is 0 Å². The number of carbonyl (C=O) groups is 1. The van der Waals surface area contributed by atoms with Gasteiger partial charge in [0.2, 0.25) is 0 Å². The van der Waals surface area contributed by atoms with E-state index in [1.807, 2.05) is 31.2 Å². The summed E-state index contributed by atoms with van der Waals surface area (Å²) in [5.41, 5.74) is 1.79. The summed E-state index contributed by atoms with van der Waals surface area (Å²) in [6.07, 6.45) is 13.5. The van der Waals surface area contributed by atoms with Gasteiger partial charge in [0.25, 0.3) is 5.91 Å². The van der Waals surface area contributed by atoms with Crippen LogP contribution in [0, 0.1) is 0 Å². The molecule has 0 aliphatic carbocycles. The topological polar surface area (TPSA) is 29.5 Å². The highest BCUT2D eigenvalue weighted by molar-refractivity contribution is 5.93. The number of benzene rings is 1. The molecule has 23 heavy (non-hydrogen) atoms. The monoisotopic (exact) mass is 317 g/mol. The van der Waals surface area contributed by atoms with Crippen LogP contribution in [0.3, 0.4) is 0 Å². The molecule has 0 heterocycles. The normalized spacial score (nSPS) is 11.1. The van der Waals surface area contributed by atoms with E-state index >= 15 is 0 Å². The van der Waals surface area contributed by atoms with Gasteiger partial charge in [-0.1, -0.05) is 63.3 Å². The van der Waals surface area contributed by atoms with E-state index in [9.17, 15) is 4.79 Å². The Morgan fingerprint density at radius 1 is 1.04 bits per heavy atom. The minimum Gasteiger partial charge on any atom is -0.274 e. The standard InChI is InChI=1S/C20H31NO2/c1-4-6-7-8-9-10-11-12-13-18-14-16-19(17-15-18)20(22)21(5-2)23-3/h12-17H,4-11H2,1-3H3. The van der Waals surface area contributed by atoms with Crippen molar-refractivity contribution in [3.05, 3.63) is 41.5 Å². The Hall–Kier alpha value is -1.61. The lowest BCUT2D eigenvalue weighted by atomic mass is 10.1. The summed E-state index contributed by atoms with van der Waals surface area (Å²) in [6, 6.07) is 7.67. The van der Waals surface area contributed by atoms with Crippen molar-refractivity contribution >= 4 is 12.0 Å². The van der Waals surface area contributed by atoms with Crippen molar-refractivity contribution in [2.75, 3.05) is 13.7 Å². The highest BCUT2D eigenvalue weighted by Crippen LogP contribution is 2.11. The van der Waals surface area contributed by atoms with E-state index < -0.39 is 0 Å². The molecular weight excluding hydrogens is 286 g/mol. The summed E-state index contributed by atoms with van der Waals surface area (Å²) in [4.78, 5) is 17.2. The van der Waals surface area contributed by atoms with Gasteiger partial charge in [-0.15, -0.1) is 0 Å². The second-order valence-corrected chi connectivity index (χ2v) is 5.76. The van der Waals surface area contributed by atoms with Gasteiger partial charge < -0.3 is 0 Å². The van der Waals surface area contributed by atoms with Crippen molar-refractivity contribution in [2.24, 2.45) is 0 Å². The van der Waals surface area contributed by atoms with Crippen LogP contribution >= 0.6 is 0 Å². The fourth-order valence-corrected chi connectivity index (χ4v) is 2.50. The largest absolute Gasteiger partial charge is 0.277 e. The number of allylic oxidation sites excluding steroid dienone is 1. The zero-order chi connectivity index (χ0) is 16.9. The van der Waals surface area contributed by atoms with E-state index in [0.717, 1.165) is 12.0 Å². The highest BCUT2D eigenvalue weighted by atomic mass is 16.7. The molecular formula is C20H31NO2. The quantitative estimate of drug-likeness (QED) is 0.400. The van der Waals surface area contributed by atoms with Crippen LogP contribution < -0.4 is 0 Å². The molecule has 0 N–H and O–H groups in total. The molecule has 0 atom stereocenters. The Morgan fingerprint density at radius 3 is 2.30 bits per heavy atom. The van der Waals surface area contributed by atoms with E-state index in [0.29, 0.717) is 12.1 Å². The number of hydrogen-bond donors (Lipinski definition) is 0. The van der Waals surface area contributed by atoms with Crippen molar-refractivity contribution in [1.82, 2.24) is 5.06 Å². The molecule has 3 nitrogen and oxygen atoms in total. The number of nitrogens with zero attached hydrogens (tertiary/aromatic N) is 1. The fraction of sp³-hybridized carbons (Fsp3) is 0.550. The molecule has 0 bridgehead atoms. The zero-order valence-corrected chi connectivity index (χ0v) is 14.9. The molecule has 0 fully saturated rings. The van der Waals surface area contributed by atoms with Gasteiger partial charge in [-0.25, -0.2) is 5.06 Å². The summed E-state index contributed by atoms with van der Waals surface area (Å²) in [5, 5.41) is 1.35. The highest BCUT2D eigenvalue weighted by Gasteiger charge is 2.12. The van der Waals surface area contributed by atoms with Crippen molar-refractivity contribution in [2.45, 2.75) is 58.8 Å². The molecule has 0 spiro atoms. The van der Waals surface area contributed by atoms with E-state index in [1.165, 1.54) is 50.7 Å². The van der Waals surface area contributed by atoms with Gasteiger partial charge in [0.05, 0.1) is 7.11 Å². The van der Waals surface area contributed by atoms with E-state index in [1.54, 1.807) is 0 Å². The predicted molar refractivity (Wildman–Crippen MR) is 97.2 cm³/mol. The van der Waals surface area contributed by atoms with Crippen LogP contribution in [0.4, 0.5) is 0 Å². The SMILES string of the molecule is CCCCCCCCC=Cc1ccc(C(=O)N(CC)OC)cc1. The molecule has 0 aliphatic heterocycles. The summed E-state index contributed by atoms with van der Waals surface area (Å²) in [6.45, 7) is 4.67. The smallest absolute Gasteiger partial charge is 0.274 e. The maximum atomic E-state index is 12.1. The summed E-state index contributed by atoms with van der Waals surface area (Å²) >= 11 is 0. The maximum Gasteiger partial charge on any atom is 0.277 e. The lowest BCUT2D eigenvalue weighted by Gasteiger charge is -2.17. The summed E-state index contributed by atoms with van der Waals surface area (Å²) in [7, 11) is 1.51. The number of unbranched alkanes of at least 4 members (excludes halogenated alkanes) is 6. The molecule has 0 saturated heterocycles. The molecule has 1 aromatic rings. The van der Waals surface area contributed by atoms with E-state index in [-0.39, 0.29) is 5.91 Å². The first-order valence-electron chi connectivity index (χ1n) is 8.85. The van der Waals surface area contributed by atoms with Gasteiger partial charge in [-0.2, -0.15) is 0 Å². The number of amides is 1. The third-order valence-corrected chi connectivity index (χ3v) is 3.93. The van der Waals surface area contributed by atoms with Crippen LogP contribution in [0.5, 0.6) is 0 Å². The predicted octanol–water partition coefficient (Wildman–Crippen LogP) is 5.47. The van der Waals surface area contributed by atoms with Crippen LogP contribution in [0.2, 0.25) is 0 Å². The van der Waals surface area contributed by atoms with E-state index in [2.05, 4.69) is 19.1 Å². The Labute approximate surface area is 141 Å². The Kier molecular flexibility index (Phi) is 10.0. The molecule has 128 valence electrons. The molecule has 3 heteroatoms. The molecule has 0 aromatic heterocycles. The van der Waals surface area contributed by atoms with Crippen LogP contribution in [0.1, 0.15) is 74.7 Å². The lowest BCUT2D eigenvalue weighted by Crippen LogP contribution is -2.29. The van der Waals surface area contributed by atoms with Crippen LogP contribution in [-0.4, -0.2) is 24.6 Å². The second kappa shape index (κ2) is 11.9. The van der Waals surface area contributed by atoms with Crippen molar-refractivity contribution < 1.29 is 9.63 Å². The van der Waals surface area contributed by atoms with Crippen LogP contribution in [0.15, 0.2) is 30.3 Å². The van der Waals surface area contributed by atoms with Crippen LogP contribution in [0.25, 0.3) is 6.08 Å². The minimum absolute atomic E-state index is 0.0994. The summed E-state index contributed by atoms with van der Waals surface area (Å²) < 4.78 is 0. The van der Waals surface area contributed by atoms with Crippen molar-refractivity contribution in [3.63, 3.8) is 0 Å². The minimum atomic E-state index is -0.0994. The first kappa shape index (κ1) is 19.4. The number of carbonyl (C=O) groups excluding carboxylic acids is 1. The molecule has 1 rings (SSSR count). The average molecular weight is 317 g/mol. The average Bonchev–Trinajstić information content (AvgIpc) is 2.59. The Morgan fingerprint density at radius 2 is 1.70 bits per heavy atom. The van der Waals surface area contributed by atoms with E-state index in [4.69, 9.17) is 4.84 Å². The number of rotatable bonds is 11. The number of hydrogen-bond acceptors (Lipinski definition) is 2. The van der Waals surface area contributed by atoms with Crippen molar-refractivity contribution in [1.29, 1.82) is 0 Å². The van der Waals surface area contributed by atoms with Gasteiger partial charge in [0.1, 0.15) is 0 Å². The van der Waals surface area contributed by atoms with Gasteiger partial charge in [-0.05, 0) is 37.5 Å². The third-order valence-electron chi connectivity index (χ3n) is 3.93.